The number of unbranched alkanes of at least 4 members (excludes halogenated alkanes) is 1. The Hall–Kier alpha value is -0.570. The molecular weight excluding hydrogens is 216 g/mol. The molecule has 0 aliphatic heterocycles. The van der Waals surface area contributed by atoms with E-state index in [1.54, 1.807) is 0 Å². The average molecular weight is 244 g/mol. The smallest absolute Gasteiger partial charge is 0.298 e. The Balaban J connectivity index is 4.55. The third-order valence-corrected chi connectivity index (χ3v) is 3.23. The van der Waals surface area contributed by atoms with Gasteiger partial charge in [-0.3, -0.25) is 4.89 Å². The van der Waals surface area contributed by atoms with Gasteiger partial charge in [-0.15, -0.1) is 0 Å². The first-order valence-electron chi connectivity index (χ1n) is 6.82. The largest absolute Gasteiger partial charge is 0.345 e. The van der Waals surface area contributed by atoms with E-state index in [0.717, 1.165) is 32.1 Å². The summed E-state index contributed by atoms with van der Waals surface area (Å²) in [5, 5.41) is 0. The van der Waals surface area contributed by atoms with Crippen molar-refractivity contribution in [1.29, 1.82) is 0 Å². The quantitative estimate of drug-likeness (QED) is 0.452. The molecule has 0 fully saturated rings. The number of hydrogen-bond acceptors (Lipinski definition) is 3. The van der Waals surface area contributed by atoms with Gasteiger partial charge >= 0.3 is 5.97 Å². The highest BCUT2D eigenvalue weighted by atomic mass is 17.2. The second kappa shape index (κ2) is 8.51. The lowest BCUT2D eigenvalue weighted by atomic mass is 9.73. The van der Waals surface area contributed by atoms with E-state index in [1.807, 2.05) is 6.92 Å². The molecular formula is C14H28O3. The molecule has 3 nitrogen and oxygen atoms in total. The number of rotatable bonds is 9. The molecule has 0 amide bonds. The molecule has 0 saturated carbocycles. The SMILES string of the molecule is CCCCC(C(=O)OOCC)C(C)(C)CCC. The molecule has 0 aromatic heterocycles. The van der Waals surface area contributed by atoms with Crippen molar-refractivity contribution in [2.45, 2.75) is 66.7 Å². The highest BCUT2D eigenvalue weighted by Crippen LogP contribution is 2.36. The summed E-state index contributed by atoms with van der Waals surface area (Å²) < 4.78 is 0. The average Bonchev–Trinajstić information content (AvgIpc) is 2.26. The van der Waals surface area contributed by atoms with Crippen molar-refractivity contribution >= 4 is 5.97 Å². The van der Waals surface area contributed by atoms with E-state index in [0.29, 0.717) is 6.61 Å². The van der Waals surface area contributed by atoms with Gasteiger partial charge in [0.2, 0.25) is 0 Å². The number of carbonyl (C=O) groups excluding carboxylic acids is 1. The van der Waals surface area contributed by atoms with Gasteiger partial charge in [-0.2, -0.15) is 4.89 Å². The van der Waals surface area contributed by atoms with E-state index in [-0.39, 0.29) is 17.3 Å². The lowest BCUT2D eigenvalue weighted by Gasteiger charge is -2.32. The van der Waals surface area contributed by atoms with E-state index < -0.39 is 0 Å². The lowest BCUT2D eigenvalue weighted by molar-refractivity contribution is -0.276. The Labute approximate surface area is 106 Å². The summed E-state index contributed by atoms with van der Waals surface area (Å²) in [6.45, 7) is 10.8. The van der Waals surface area contributed by atoms with Gasteiger partial charge in [0.15, 0.2) is 0 Å². The van der Waals surface area contributed by atoms with E-state index in [1.165, 1.54) is 0 Å². The molecule has 0 spiro atoms. The molecule has 0 N–H and O–H groups in total. The molecule has 1 unspecified atom stereocenters. The minimum absolute atomic E-state index is 0.0158. The summed E-state index contributed by atoms with van der Waals surface area (Å²) in [6, 6.07) is 0. The molecule has 0 heterocycles. The van der Waals surface area contributed by atoms with Crippen molar-refractivity contribution in [2.24, 2.45) is 11.3 Å². The first-order valence-corrected chi connectivity index (χ1v) is 6.82. The molecule has 0 aliphatic carbocycles. The topological polar surface area (TPSA) is 35.5 Å². The van der Waals surface area contributed by atoms with Crippen LogP contribution in [0.2, 0.25) is 0 Å². The predicted octanol–water partition coefficient (Wildman–Crippen LogP) is 4.11. The van der Waals surface area contributed by atoms with Crippen LogP contribution in [0.15, 0.2) is 0 Å². The Morgan fingerprint density at radius 1 is 1.18 bits per heavy atom. The molecule has 0 aliphatic rings. The van der Waals surface area contributed by atoms with Crippen molar-refractivity contribution in [1.82, 2.24) is 0 Å². The predicted molar refractivity (Wildman–Crippen MR) is 69.4 cm³/mol. The van der Waals surface area contributed by atoms with Crippen LogP contribution in [0.1, 0.15) is 66.7 Å². The van der Waals surface area contributed by atoms with Crippen LogP contribution in [0.5, 0.6) is 0 Å². The zero-order valence-electron chi connectivity index (χ0n) is 12.0. The second-order valence-corrected chi connectivity index (χ2v) is 5.24. The third kappa shape index (κ3) is 6.06. The zero-order chi connectivity index (χ0) is 13.3. The zero-order valence-corrected chi connectivity index (χ0v) is 12.0. The monoisotopic (exact) mass is 244 g/mol. The highest BCUT2D eigenvalue weighted by molar-refractivity contribution is 5.72. The van der Waals surface area contributed by atoms with Crippen molar-refractivity contribution in [3.8, 4) is 0 Å². The minimum atomic E-state index is -0.209. The van der Waals surface area contributed by atoms with Gasteiger partial charge in [0, 0.05) is 0 Å². The molecule has 0 aromatic carbocycles. The summed E-state index contributed by atoms with van der Waals surface area (Å²) in [6.07, 6.45) is 5.15. The van der Waals surface area contributed by atoms with Crippen molar-refractivity contribution in [3.63, 3.8) is 0 Å². The minimum Gasteiger partial charge on any atom is -0.298 e. The molecule has 0 saturated heterocycles. The maximum atomic E-state index is 12.0. The first-order chi connectivity index (χ1) is 7.99. The van der Waals surface area contributed by atoms with E-state index in [4.69, 9.17) is 9.78 Å². The fourth-order valence-electron chi connectivity index (χ4n) is 2.23. The van der Waals surface area contributed by atoms with Gasteiger partial charge in [-0.05, 0) is 25.2 Å². The fourth-order valence-corrected chi connectivity index (χ4v) is 2.23. The Morgan fingerprint density at radius 2 is 1.82 bits per heavy atom. The van der Waals surface area contributed by atoms with Gasteiger partial charge in [0.1, 0.15) is 0 Å². The molecule has 0 aromatic rings. The summed E-state index contributed by atoms with van der Waals surface area (Å²) in [5.74, 6) is -0.271. The van der Waals surface area contributed by atoms with Gasteiger partial charge in [-0.25, -0.2) is 4.79 Å². The summed E-state index contributed by atoms with van der Waals surface area (Å²) >= 11 is 0. The molecule has 0 radical (unpaired) electrons. The lowest BCUT2D eigenvalue weighted by Crippen LogP contribution is -2.32. The maximum Gasteiger partial charge on any atom is 0.345 e. The van der Waals surface area contributed by atoms with E-state index in [9.17, 15) is 4.79 Å². The molecule has 0 rings (SSSR count). The van der Waals surface area contributed by atoms with E-state index >= 15 is 0 Å². The first kappa shape index (κ1) is 16.4. The fraction of sp³-hybridized carbons (Fsp3) is 0.929. The second-order valence-electron chi connectivity index (χ2n) is 5.24. The molecule has 3 heteroatoms. The Morgan fingerprint density at radius 3 is 2.29 bits per heavy atom. The van der Waals surface area contributed by atoms with E-state index in [2.05, 4.69) is 27.7 Å². The summed E-state index contributed by atoms with van der Waals surface area (Å²) in [4.78, 5) is 21.6. The van der Waals surface area contributed by atoms with Crippen LogP contribution < -0.4 is 0 Å². The molecule has 0 bridgehead atoms. The van der Waals surface area contributed by atoms with Crippen LogP contribution >= 0.6 is 0 Å². The van der Waals surface area contributed by atoms with Crippen molar-refractivity contribution < 1.29 is 14.6 Å². The van der Waals surface area contributed by atoms with Crippen LogP contribution in [0.3, 0.4) is 0 Å². The molecule has 102 valence electrons. The van der Waals surface area contributed by atoms with Crippen molar-refractivity contribution in [3.05, 3.63) is 0 Å². The Kier molecular flexibility index (Phi) is 8.23. The van der Waals surface area contributed by atoms with Crippen LogP contribution in [-0.2, 0) is 14.6 Å². The van der Waals surface area contributed by atoms with Gasteiger partial charge in [0.25, 0.3) is 0 Å². The normalized spacial score (nSPS) is 13.5. The van der Waals surface area contributed by atoms with Crippen LogP contribution in [0, 0.1) is 11.3 Å². The van der Waals surface area contributed by atoms with Gasteiger partial charge in [0.05, 0.1) is 12.5 Å². The van der Waals surface area contributed by atoms with Crippen LogP contribution in [0.25, 0.3) is 0 Å². The van der Waals surface area contributed by atoms with Gasteiger partial charge < -0.3 is 0 Å². The third-order valence-electron chi connectivity index (χ3n) is 3.23. The standard InChI is InChI=1S/C14H28O3/c1-6-9-10-12(13(15)17-16-8-3)14(4,5)11-7-2/h12H,6-11H2,1-5H3. The Bertz CT molecular complexity index is 212. The summed E-state index contributed by atoms with van der Waals surface area (Å²) in [5.41, 5.74) is -0.0158. The maximum absolute atomic E-state index is 12.0. The highest BCUT2D eigenvalue weighted by Gasteiger charge is 2.35. The number of hydrogen-bond donors (Lipinski definition) is 0. The van der Waals surface area contributed by atoms with Crippen LogP contribution in [-0.4, -0.2) is 12.6 Å². The molecule has 1 atom stereocenters. The summed E-state index contributed by atoms with van der Waals surface area (Å²) in [7, 11) is 0. The van der Waals surface area contributed by atoms with Crippen molar-refractivity contribution in [2.75, 3.05) is 6.61 Å². The van der Waals surface area contributed by atoms with Gasteiger partial charge in [-0.1, -0.05) is 47.0 Å². The molecule has 17 heavy (non-hydrogen) atoms. The van der Waals surface area contributed by atoms with Crippen LogP contribution in [0.4, 0.5) is 0 Å². The number of carbonyl (C=O) groups is 1.